The molecule has 1 N–H and O–H groups in total. The number of aryl methyl sites for hydroxylation is 2. The van der Waals surface area contributed by atoms with Gasteiger partial charge in [0.05, 0.1) is 11.8 Å². The van der Waals surface area contributed by atoms with E-state index in [1.54, 1.807) is 13.2 Å². The molecule has 3 aromatic rings. The third-order valence-electron chi connectivity index (χ3n) is 4.95. The number of anilines is 1. The van der Waals surface area contributed by atoms with Crippen LogP contribution in [0.2, 0.25) is 0 Å². The van der Waals surface area contributed by atoms with Gasteiger partial charge in [0, 0.05) is 30.8 Å². The van der Waals surface area contributed by atoms with Crippen LogP contribution in [0.25, 0.3) is 5.69 Å². The number of nitrogens with zero attached hydrogens (tertiary/aromatic N) is 3. The predicted molar refractivity (Wildman–Crippen MR) is 126 cm³/mol. The Morgan fingerprint density at radius 2 is 1.97 bits per heavy atom. The molecule has 6 nitrogen and oxygen atoms in total. The highest BCUT2D eigenvalue weighted by molar-refractivity contribution is 8.00. The lowest BCUT2D eigenvalue weighted by Gasteiger charge is -2.21. The summed E-state index contributed by atoms with van der Waals surface area (Å²) in [4.78, 5) is 31.2. The number of imidazole rings is 1. The summed E-state index contributed by atoms with van der Waals surface area (Å²) in [6.07, 6.45) is 4.44. The summed E-state index contributed by atoms with van der Waals surface area (Å²) < 4.78 is 1.97. The van der Waals surface area contributed by atoms with Crippen LogP contribution in [0.4, 0.5) is 5.69 Å². The molecule has 1 aromatic heterocycles. The minimum Gasteiger partial charge on any atom is -0.335 e. The van der Waals surface area contributed by atoms with E-state index in [0.717, 1.165) is 34.1 Å². The molecule has 0 spiro atoms. The highest BCUT2D eigenvalue weighted by atomic mass is 32.2. The van der Waals surface area contributed by atoms with Gasteiger partial charge in [-0.3, -0.25) is 14.2 Å². The zero-order valence-corrected chi connectivity index (χ0v) is 19.1. The van der Waals surface area contributed by atoms with Crippen LogP contribution in [0.3, 0.4) is 0 Å². The summed E-state index contributed by atoms with van der Waals surface area (Å²) in [5.74, 6) is -0.335. The molecule has 162 valence electrons. The van der Waals surface area contributed by atoms with E-state index in [9.17, 15) is 9.59 Å². The maximum absolute atomic E-state index is 12.9. The molecule has 0 saturated carbocycles. The largest absolute Gasteiger partial charge is 0.335 e. The van der Waals surface area contributed by atoms with Crippen LogP contribution in [0.5, 0.6) is 0 Å². The van der Waals surface area contributed by atoms with E-state index in [4.69, 9.17) is 0 Å². The summed E-state index contributed by atoms with van der Waals surface area (Å²) >= 11 is 1.38. The molecule has 1 atom stereocenters. The van der Waals surface area contributed by atoms with Crippen LogP contribution in [0, 0.1) is 6.92 Å². The molecule has 2 aromatic carbocycles. The van der Waals surface area contributed by atoms with E-state index >= 15 is 0 Å². The molecule has 0 saturated heterocycles. The molecular formula is C24H28N4O2S. The van der Waals surface area contributed by atoms with Crippen molar-refractivity contribution in [2.24, 2.45) is 0 Å². The van der Waals surface area contributed by atoms with Crippen LogP contribution in [0.1, 0.15) is 25.0 Å². The van der Waals surface area contributed by atoms with Crippen LogP contribution in [-0.4, -0.2) is 45.1 Å². The molecule has 0 fully saturated rings. The Bertz CT molecular complexity index is 1060. The Kier molecular flexibility index (Phi) is 7.52. The van der Waals surface area contributed by atoms with Gasteiger partial charge >= 0.3 is 0 Å². The van der Waals surface area contributed by atoms with Crippen molar-refractivity contribution in [1.82, 2.24) is 14.5 Å². The number of likely N-dealkylation sites (N-methyl/N-ethyl adjacent to an activating group) is 1. The normalized spacial score (nSPS) is 11.7. The highest BCUT2D eigenvalue weighted by Crippen LogP contribution is 2.26. The molecular weight excluding hydrogens is 408 g/mol. The van der Waals surface area contributed by atoms with Crippen molar-refractivity contribution in [2.75, 3.05) is 18.9 Å². The lowest BCUT2D eigenvalue weighted by atomic mass is 10.1. The molecule has 0 unspecified atom stereocenters. The summed E-state index contributed by atoms with van der Waals surface area (Å²) in [5.41, 5.74) is 4.01. The molecule has 3 rings (SSSR count). The molecule has 0 bridgehead atoms. The fourth-order valence-corrected chi connectivity index (χ4v) is 4.30. The number of aromatic nitrogens is 2. The second-order valence-electron chi connectivity index (χ2n) is 7.43. The maximum atomic E-state index is 12.9. The zero-order chi connectivity index (χ0) is 22.4. The molecule has 0 radical (unpaired) electrons. The lowest BCUT2D eigenvalue weighted by molar-refractivity contribution is -0.132. The molecule has 0 aliphatic rings. The van der Waals surface area contributed by atoms with Gasteiger partial charge in [-0.2, -0.15) is 0 Å². The van der Waals surface area contributed by atoms with Crippen LogP contribution in [0.15, 0.2) is 66.1 Å². The number of hydrogen-bond acceptors (Lipinski definition) is 4. The molecule has 1 heterocycles. The van der Waals surface area contributed by atoms with Gasteiger partial charge in [-0.15, -0.1) is 0 Å². The minimum atomic E-state index is -0.383. The van der Waals surface area contributed by atoms with E-state index in [1.165, 1.54) is 16.7 Å². The van der Waals surface area contributed by atoms with Crippen LogP contribution in [-0.2, 0) is 16.0 Å². The topological polar surface area (TPSA) is 67.2 Å². The van der Waals surface area contributed by atoms with E-state index < -0.39 is 0 Å². The second-order valence-corrected chi connectivity index (χ2v) is 8.74. The van der Waals surface area contributed by atoms with Gasteiger partial charge in [0.15, 0.2) is 5.16 Å². The van der Waals surface area contributed by atoms with E-state index in [-0.39, 0.29) is 23.6 Å². The number of carbonyl (C=O) groups excluding carboxylic acids is 2. The number of amides is 2. The van der Waals surface area contributed by atoms with Gasteiger partial charge < -0.3 is 10.2 Å². The van der Waals surface area contributed by atoms with E-state index in [0.29, 0.717) is 0 Å². The van der Waals surface area contributed by atoms with E-state index in [1.807, 2.05) is 74.0 Å². The average molecular weight is 437 g/mol. The molecule has 2 amide bonds. The van der Waals surface area contributed by atoms with E-state index in [2.05, 4.69) is 16.4 Å². The molecule has 7 heteroatoms. The number of hydrogen-bond donors (Lipinski definition) is 1. The summed E-state index contributed by atoms with van der Waals surface area (Å²) in [6, 6.07) is 15.8. The van der Waals surface area contributed by atoms with Crippen molar-refractivity contribution >= 4 is 29.3 Å². The maximum Gasteiger partial charge on any atom is 0.243 e. The van der Waals surface area contributed by atoms with Gasteiger partial charge in [0.1, 0.15) is 0 Å². The molecule has 31 heavy (non-hydrogen) atoms. The van der Waals surface area contributed by atoms with Gasteiger partial charge in [0.25, 0.3) is 0 Å². The van der Waals surface area contributed by atoms with Crippen molar-refractivity contribution in [3.63, 3.8) is 0 Å². The first-order valence-corrected chi connectivity index (χ1v) is 11.2. The SMILES string of the molecule is CCc1ccccc1NC(=O)CN(C)C(=O)[C@H](C)Sc1nccn1-c1cccc(C)c1. The number of nitrogens with one attached hydrogen (secondary N) is 1. The Morgan fingerprint density at radius 3 is 2.71 bits per heavy atom. The standard InChI is InChI=1S/C24H28N4O2S/c1-5-19-10-6-7-12-21(19)26-22(29)16-27(4)23(30)18(3)31-24-25-13-14-28(24)20-11-8-9-17(2)15-20/h6-15,18H,5,16H2,1-4H3,(H,26,29)/t18-/m0/s1. The fourth-order valence-electron chi connectivity index (χ4n) is 3.30. The number of carbonyl (C=O) groups is 2. The van der Waals surface area contributed by atoms with Crippen molar-refractivity contribution in [1.29, 1.82) is 0 Å². The number of thioether (sulfide) groups is 1. The van der Waals surface area contributed by atoms with Crippen molar-refractivity contribution in [3.05, 3.63) is 72.1 Å². The van der Waals surface area contributed by atoms with Crippen molar-refractivity contribution < 1.29 is 9.59 Å². The number of benzene rings is 2. The summed E-state index contributed by atoms with van der Waals surface area (Å²) in [5, 5.41) is 3.27. The molecule has 0 aliphatic carbocycles. The Morgan fingerprint density at radius 1 is 1.19 bits per heavy atom. The third-order valence-corrected chi connectivity index (χ3v) is 6.01. The Balaban J connectivity index is 1.61. The molecule has 0 aliphatic heterocycles. The number of para-hydroxylation sites is 1. The Hall–Kier alpha value is -3.06. The van der Waals surface area contributed by atoms with Crippen molar-refractivity contribution in [3.8, 4) is 5.69 Å². The Labute approximate surface area is 187 Å². The predicted octanol–water partition coefficient (Wildman–Crippen LogP) is 4.32. The lowest BCUT2D eigenvalue weighted by Crippen LogP contribution is -2.39. The van der Waals surface area contributed by atoms with Gasteiger partial charge in [-0.25, -0.2) is 4.98 Å². The quantitative estimate of drug-likeness (QED) is 0.534. The number of rotatable bonds is 8. The minimum absolute atomic E-state index is 0.00585. The summed E-state index contributed by atoms with van der Waals surface area (Å²) in [6.45, 7) is 5.91. The average Bonchev–Trinajstić information content (AvgIpc) is 3.21. The zero-order valence-electron chi connectivity index (χ0n) is 18.3. The summed E-state index contributed by atoms with van der Waals surface area (Å²) in [7, 11) is 1.65. The second kappa shape index (κ2) is 10.3. The first kappa shape index (κ1) is 22.6. The first-order chi connectivity index (χ1) is 14.9. The van der Waals surface area contributed by atoms with Gasteiger partial charge in [-0.05, 0) is 49.6 Å². The van der Waals surface area contributed by atoms with Gasteiger partial charge in [-0.1, -0.05) is 49.0 Å². The van der Waals surface area contributed by atoms with Crippen LogP contribution < -0.4 is 5.32 Å². The smallest absolute Gasteiger partial charge is 0.243 e. The fraction of sp³-hybridized carbons (Fsp3) is 0.292. The first-order valence-electron chi connectivity index (χ1n) is 10.3. The highest BCUT2D eigenvalue weighted by Gasteiger charge is 2.23. The van der Waals surface area contributed by atoms with Gasteiger partial charge in [0.2, 0.25) is 11.8 Å². The monoisotopic (exact) mass is 436 g/mol. The van der Waals surface area contributed by atoms with Crippen molar-refractivity contribution in [2.45, 2.75) is 37.6 Å². The third kappa shape index (κ3) is 5.76. The van der Waals surface area contributed by atoms with Crippen LogP contribution >= 0.6 is 11.8 Å².